The van der Waals surface area contributed by atoms with Gasteiger partial charge in [-0.1, -0.05) is 43.7 Å². The summed E-state index contributed by atoms with van der Waals surface area (Å²) in [6.07, 6.45) is 1.22. The van der Waals surface area contributed by atoms with Crippen molar-refractivity contribution in [2.75, 3.05) is 5.32 Å². The van der Waals surface area contributed by atoms with Crippen LogP contribution in [-0.4, -0.2) is 28.9 Å². The second-order valence-corrected chi connectivity index (χ2v) is 6.06. The third-order valence-electron chi connectivity index (χ3n) is 3.90. The Labute approximate surface area is 156 Å². The van der Waals surface area contributed by atoms with Crippen LogP contribution in [-0.2, 0) is 16.0 Å². The fourth-order valence-corrected chi connectivity index (χ4v) is 2.58. The summed E-state index contributed by atoms with van der Waals surface area (Å²) in [6.45, 7) is 1.88. The average Bonchev–Trinajstić information content (AvgIpc) is 2.63. The summed E-state index contributed by atoms with van der Waals surface area (Å²) in [5.74, 6) is -3.09. The van der Waals surface area contributed by atoms with Gasteiger partial charge in [0.15, 0.2) is 0 Å². The third kappa shape index (κ3) is 5.91. The first-order chi connectivity index (χ1) is 12.9. The maximum atomic E-state index is 13.5. The predicted octanol–water partition coefficient (Wildman–Crippen LogP) is 2.99. The van der Waals surface area contributed by atoms with E-state index in [1.807, 2.05) is 37.3 Å². The highest BCUT2D eigenvalue weighted by Crippen LogP contribution is 2.15. The van der Waals surface area contributed by atoms with E-state index in [9.17, 15) is 18.8 Å². The van der Waals surface area contributed by atoms with E-state index in [1.54, 1.807) is 0 Å². The van der Waals surface area contributed by atoms with E-state index in [-0.39, 0.29) is 18.0 Å². The average molecular weight is 372 g/mol. The van der Waals surface area contributed by atoms with Gasteiger partial charge in [0, 0.05) is 5.69 Å². The van der Waals surface area contributed by atoms with Crippen molar-refractivity contribution >= 4 is 23.5 Å². The van der Waals surface area contributed by atoms with Crippen LogP contribution in [0.1, 0.15) is 35.7 Å². The zero-order valence-corrected chi connectivity index (χ0v) is 14.9. The highest BCUT2D eigenvalue weighted by molar-refractivity contribution is 5.98. The topological polar surface area (TPSA) is 95.5 Å². The number of anilines is 1. The van der Waals surface area contributed by atoms with Gasteiger partial charge in [0.2, 0.25) is 11.8 Å². The molecule has 7 heteroatoms. The Morgan fingerprint density at radius 3 is 2.44 bits per heavy atom. The Kier molecular flexibility index (Phi) is 7.05. The number of hydrogen-bond acceptors (Lipinski definition) is 3. The minimum absolute atomic E-state index is 0.147. The van der Waals surface area contributed by atoms with Crippen molar-refractivity contribution in [2.45, 2.75) is 32.2 Å². The molecule has 0 radical (unpaired) electrons. The Morgan fingerprint density at radius 1 is 1.11 bits per heavy atom. The van der Waals surface area contributed by atoms with Crippen LogP contribution in [0.5, 0.6) is 0 Å². The van der Waals surface area contributed by atoms with Crippen LogP contribution >= 0.6 is 0 Å². The molecule has 27 heavy (non-hydrogen) atoms. The largest absolute Gasteiger partial charge is 0.478 e. The van der Waals surface area contributed by atoms with E-state index in [0.717, 1.165) is 17.7 Å². The van der Waals surface area contributed by atoms with E-state index < -0.39 is 29.3 Å². The quantitative estimate of drug-likeness (QED) is 0.664. The zero-order chi connectivity index (χ0) is 19.8. The summed E-state index contributed by atoms with van der Waals surface area (Å²) in [7, 11) is 0. The van der Waals surface area contributed by atoms with Gasteiger partial charge in [-0.15, -0.1) is 0 Å². The second kappa shape index (κ2) is 9.47. The Morgan fingerprint density at radius 2 is 1.81 bits per heavy atom. The smallest absolute Gasteiger partial charge is 0.338 e. The monoisotopic (exact) mass is 372 g/mol. The fraction of sp³-hybridized carbons (Fsp3) is 0.250. The number of carboxylic acid groups (broad SMARTS) is 1. The molecule has 0 heterocycles. The lowest BCUT2D eigenvalue weighted by atomic mass is 10.1. The molecule has 0 aliphatic heterocycles. The molecule has 142 valence electrons. The van der Waals surface area contributed by atoms with Crippen LogP contribution in [0, 0.1) is 5.82 Å². The molecule has 0 unspecified atom stereocenters. The molecule has 0 saturated heterocycles. The molecule has 2 aromatic rings. The van der Waals surface area contributed by atoms with Crippen LogP contribution in [0.3, 0.4) is 0 Å². The van der Waals surface area contributed by atoms with Gasteiger partial charge in [-0.05, 0) is 30.2 Å². The molecule has 0 aliphatic rings. The van der Waals surface area contributed by atoms with Crippen LogP contribution in [0.4, 0.5) is 10.1 Å². The molecule has 1 atom stereocenters. The van der Waals surface area contributed by atoms with Gasteiger partial charge in [-0.2, -0.15) is 0 Å². The first kappa shape index (κ1) is 20.1. The van der Waals surface area contributed by atoms with Gasteiger partial charge in [0.25, 0.3) is 0 Å². The van der Waals surface area contributed by atoms with E-state index in [4.69, 9.17) is 5.11 Å². The summed E-state index contributed by atoms with van der Waals surface area (Å²) in [5, 5.41) is 14.2. The molecule has 6 nitrogen and oxygen atoms in total. The molecule has 2 aromatic carbocycles. The summed E-state index contributed by atoms with van der Waals surface area (Å²) in [6, 6.07) is 11.7. The molecule has 0 fully saturated rings. The van der Waals surface area contributed by atoms with Crippen molar-refractivity contribution in [1.29, 1.82) is 0 Å². The van der Waals surface area contributed by atoms with Crippen LogP contribution in [0.25, 0.3) is 0 Å². The van der Waals surface area contributed by atoms with E-state index >= 15 is 0 Å². The predicted molar refractivity (Wildman–Crippen MR) is 99.0 cm³/mol. The standard InChI is InChI=1S/C20H21FN2O4/c1-2-6-17(23-18(24)11-13-7-4-3-5-8-13)19(25)22-14-9-10-16(21)15(12-14)20(26)27/h3-5,7-10,12,17H,2,6,11H2,1H3,(H,22,25)(H,23,24)(H,26,27)/t17-/m0/s1. The number of aromatic carboxylic acids is 1. The molecule has 0 saturated carbocycles. The number of carbonyl (C=O) groups is 3. The first-order valence-corrected chi connectivity index (χ1v) is 8.57. The maximum Gasteiger partial charge on any atom is 0.338 e. The lowest BCUT2D eigenvalue weighted by Crippen LogP contribution is -2.44. The molecular weight excluding hydrogens is 351 g/mol. The number of rotatable bonds is 8. The van der Waals surface area contributed by atoms with Gasteiger partial charge >= 0.3 is 5.97 Å². The maximum absolute atomic E-state index is 13.5. The van der Waals surface area contributed by atoms with E-state index in [0.29, 0.717) is 12.8 Å². The van der Waals surface area contributed by atoms with Crippen LogP contribution < -0.4 is 10.6 Å². The van der Waals surface area contributed by atoms with Crippen LogP contribution in [0.15, 0.2) is 48.5 Å². The molecule has 0 spiro atoms. The summed E-state index contributed by atoms with van der Waals surface area (Å²) in [4.78, 5) is 35.7. The lowest BCUT2D eigenvalue weighted by molar-refractivity contribution is -0.126. The molecular formula is C20H21FN2O4. The normalized spacial score (nSPS) is 11.5. The molecule has 2 amide bonds. The summed E-state index contributed by atoms with van der Waals surface area (Å²) < 4.78 is 13.5. The number of hydrogen-bond donors (Lipinski definition) is 3. The number of benzene rings is 2. The van der Waals surface area contributed by atoms with Crippen molar-refractivity contribution in [3.63, 3.8) is 0 Å². The summed E-state index contributed by atoms with van der Waals surface area (Å²) >= 11 is 0. The number of carboxylic acids is 1. The highest BCUT2D eigenvalue weighted by Gasteiger charge is 2.21. The van der Waals surface area contributed by atoms with Crippen molar-refractivity contribution in [3.05, 3.63) is 65.5 Å². The zero-order valence-electron chi connectivity index (χ0n) is 14.9. The van der Waals surface area contributed by atoms with Gasteiger partial charge in [-0.3, -0.25) is 9.59 Å². The molecule has 0 bridgehead atoms. The van der Waals surface area contributed by atoms with Crippen molar-refractivity contribution in [2.24, 2.45) is 0 Å². The molecule has 2 rings (SSSR count). The van der Waals surface area contributed by atoms with Gasteiger partial charge < -0.3 is 15.7 Å². The lowest BCUT2D eigenvalue weighted by Gasteiger charge is -2.18. The Balaban J connectivity index is 2.05. The minimum Gasteiger partial charge on any atom is -0.478 e. The second-order valence-electron chi connectivity index (χ2n) is 6.06. The molecule has 3 N–H and O–H groups in total. The van der Waals surface area contributed by atoms with Crippen molar-refractivity contribution in [1.82, 2.24) is 5.32 Å². The molecule has 0 aliphatic carbocycles. The number of halogens is 1. The van der Waals surface area contributed by atoms with E-state index in [1.165, 1.54) is 6.07 Å². The Bertz CT molecular complexity index is 824. The third-order valence-corrected chi connectivity index (χ3v) is 3.90. The van der Waals surface area contributed by atoms with Crippen LogP contribution in [0.2, 0.25) is 0 Å². The van der Waals surface area contributed by atoms with Gasteiger partial charge in [-0.25, -0.2) is 9.18 Å². The van der Waals surface area contributed by atoms with Crippen molar-refractivity contribution < 1.29 is 23.9 Å². The first-order valence-electron chi connectivity index (χ1n) is 8.57. The highest BCUT2D eigenvalue weighted by atomic mass is 19.1. The minimum atomic E-state index is -1.43. The fourth-order valence-electron chi connectivity index (χ4n) is 2.58. The SMILES string of the molecule is CCC[C@H](NC(=O)Cc1ccccc1)C(=O)Nc1ccc(F)c(C(=O)O)c1. The Hall–Kier alpha value is -3.22. The van der Waals surface area contributed by atoms with Crippen molar-refractivity contribution in [3.8, 4) is 0 Å². The van der Waals surface area contributed by atoms with Gasteiger partial charge in [0.05, 0.1) is 12.0 Å². The summed E-state index contributed by atoms with van der Waals surface area (Å²) in [5.41, 5.74) is 0.445. The van der Waals surface area contributed by atoms with Gasteiger partial charge in [0.1, 0.15) is 11.9 Å². The number of nitrogens with one attached hydrogen (secondary N) is 2. The van der Waals surface area contributed by atoms with E-state index in [2.05, 4.69) is 10.6 Å². The molecule has 0 aromatic heterocycles. The number of amides is 2. The number of carbonyl (C=O) groups excluding carboxylic acids is 2.